The maximum Gasteiger partial charge on any atom is 0.490 e. The Kier molecular flexibility index (Phi) is 7.71. The molecule has 0 aliphatic carbocycles. The van der Waals surface area contributed by atoms with Crippen LogP contribution < -0.4 is 16.0 Å². The number of fused-ring (bicyclic) bond motifs is 1. The van der Waals surface area contributed by atoms with Crippen molar-refractivity contribution in [3.8, 4) is 0 Å². The highest BCUT2D eigenvalue weighted by Crippen LogP contribution is 2.26. The number of piperidine rings is 1. The van der Waals surface area contributed by atoms with Gasteiger partial charge in [0.1, 0.15) is 17.6 Å². The minimum absolute atomic E-state index is 0.0917. The predicted octanol–water partition coefficient (Wildman–Crippen LogP) is 2.16. The molecule has 0 spiro atoms. The largest absolute Gasteiger partial charge is 0.490 e. The first-order valence-electron chi connectivity index (χ1n) is 10.2. The quantitative estimate of drug-likeness (QED) is 0.443. The third kappa shape index (κ3) is 6.21. The summed E-state index contributed by atoms with van der Waals surface area (Å²) in [7, 11) is 1.48. The average molecular weight is 522 g/mol. The van der Waals surface area contributed by atoms with Gasteiger partial charge in [0.25, 0.3) is 12.3 Å². The van der Waals surface area contributed by atoms with Crippen molar-refractivity contribution >= 4 is 29.0 Å². The van der Waals surface area contributed by atoms with Gasteiger partial charge in [-0.3, -0.25) is 9.48 Å². The van der Waals surface area contributed by atoms with E-state index < -0.39 is 36.3 Å². The molecule has 196 valence electrons. The van der Waals surface area contributed by atoms with Crippen molar-refractivity contribution in [3.05, 3.63) is 35.9 Å². The fraction of sp³-hybridized carbons (Fsp3) is 0.421. The number of nitrogens with one attached hydrogen (secondary N) is 1. The number of nitrogens with zero attached hydrogens (tertiary/aromatic N) is 6. The number of carbonyl (C=O) groups is 2. The minimum Gasteiger partial charge on any atom is -0.475 e. The van der Waals surface area contributed by atoms with Crippen LogP contribution in [-0.4, -0.2) is 72.8 Å². The van der Waals surface area contributed by atoms with Crippen molar-refractivity contribution in [3.63, 3.8) is 0 Å². The zero-order chi connectivity index (χ0) is 26.8. The fourth-order valence-electron chi connectivity index (χ4n) is 3.41. The molecule has 4 heterocycles. The van der Waals surface area contributed by atoms with E-state index in [1.165, 1.54) is 28.6 Å². The molecule has 0 aromatic carbocycles. The molecule has 3 aromatic heterocycles. The molecule has 0 saturated carbocycles. The van der Waals surface area contributed by atoms with Crippen LogP contribution in [0.2, 0.25) is 0 Å². The minimum atomic E-state index is -5.08. The summed E-state index contributed by atoms with van der Waals surface area (Å²) < 4.78 is 74.4. The second-order valence-electron chi connectivity index (χ2n) is 7.77. The standard InChI is InChI=1S/C17H19F3N8O.C2HF3O2/c1-26-8-12(14(25-26)15(19)20)23-17(29)11-5-22-28-3-2-13(24-16(11)28)27-6-9(18)4-10(21)7-27;3-2(4,5)1(6)7/h2-3,5,8-10,15H,4,6-7,21H2,1H3,(H,23,29);(H,6,7)/t9-,10-;/m0./s1. The molecule has 17 heteroatoms. The number of nitrogens with two attached hydrogens (primary N) is 1. The van der Waals surface area contributed by atoms with E-state index in [-0.39, 0.29) is 35.9 Å². The van der Waals surface area contributed by atoms with E-state index in [0.717, 1.165) is 0 Å². The molecular formula is C19H20F6N8O3. The lowest BCUT2D eigenvalue weighted by atomic mass is 10.1. The van der Waals surface area contributed by atoms with Crippen LogP contribution in [0.15, 0.2) is 24.7 Å². The molecule has 0 unspecified atom stereocenters. The van der Waals surface area contributed by atoms with Crippen LogP contribution in [0.25, 0.3) is 5.65 Å². The molecule has 1 saturated heterocycles. The molecule has 0 bridgehead atoms. The highest BCUT2D eigenvalue weighted by atomic mass is 19.4. The summed E-state index contributed by atoms with van der Waals surface area (Å²) in [6, 6.07) is 1.34. The number of rotatable bonds is 4. The number of hydrogen-bond donors (Lipinski definition) is 3. The number of hydrogen-bond acceptors (Lipinski definition) is 7. The van der Waals surface area contributed by atoms with Gasteiger partial charge in [-0.15, -0.1) is 0 Å². The van der Waals surface area contributed by atoms with E-state index >= 15 is 0 Å². The molecule has 4 N–H and O–H groups in total. The molecule has 1 aliphatic heterocycles. The Balaban J connectivity index is 0.000000454. The van der Waals surface area contributed by atoms with E-state index in [9.17, 15) is 31.1 Å². The lowest BCUT2D eigenvalue weighted by molar-refractivity contribution is -0.192. The highest BCUT2D eigenvalue weighted by Gasteiger charge is 2.38. The van der Waals surface area contributed by atoms with Crippen molar-refractivity contribution in [2.24, 2.45) is 12.8 Å². The first-order chi connectivity index (χ1) is 16.8. The van der Waals surface area contributed by atoms with E-state index in [1.807, 2.05) is 0 Å². The second-order valence-corrected chi connectivity index (χ2v) is 7.77. The van der Waals surface area contributed by atoms with Crippen molar-refractivity contribution < 1.29 is 41.0 Å². The Hall–Kier alpha value is -3.89. The van der Waals surface area contributed by atoms with Crippen molar-refractivity contribution in [2.45, 2.75) is 31.2 Å². The van der Waals surface area contributed by atoms with Crippen LogP contribution in [-0.2, 0) is 11.8 Å². The first-order valence-corrected chi connectivity index (χ1v) is 10.2. The summed E-state index contributed by atoms with van der Waals surface area (Å²) in [6.07, 6.45) is -4.52. The third-order valence-electron chi connectivity index (χ3n) is 4.91. The van der Waals surface area contributed by atoms with Crippen LogP contribution in [0.3, 0.4) is 0 Å². The maximum absolute atomic E-state index is 13.9. The molecule has 0 radical (unpaired) electrons. The topological polar surface area (TPSA) is 144 Å². The molecule has 1 amide bonds. The second kappa shape index (κ2) is 10.4. The van der Waals surface area contributed by atoms with Gasteiger partial charge in [-0.1, -0.05) is 0 Å². The molecule has 36 heavy (non-hydrogen) atoms. The SMILES string of the molecule is Cn1cc(NC(=O)c2cnn3ccc(N4C[C@@H](N)C[C@H](F)C4)nc23)c(C(F)F)n1.O=C(O)C(F)(F)F. The molecule has 3 aromatic rings. The van der Waals surface area contributed by atoms with Gasteiger partial charge in [-0.2, -0.15) is 23.4 Å². The molecule has 4 rings (SSSR count). The lowest BCUT2D eigenvalue weighted by Crippen LogP contribution is -2.48. The van der Waals surface area contributed by atoms with Crippen molar-refractivity contribution in [1.82, 2.24) is 24.4 Å². The maximum atomic E-state index is 13.9. The molecule has 1 aliphatic rings. The lowest BCUT2D eigenvalue weighted by Gasteiger charge is -2.33. The van der Waals surface area contributed by atoms with Gasteiger partial charge in [0, 0.05) is 32.0 Å². The number of amides is 1. The normalized spacial score (nSPS) is 18.2. The Labute approximate surface area is 198 Å². The summed E-state index contributed by atoms with van der Waals surface area (Å²) in [4.78, 5) is 27.7. The monoisotopic (exact) mass is 522 g/mol. The number of halogens is 6. The first kappa shape index (κ1) is 26.7. The van der Waals surface area contributed by atoms with Gasteiger partial charge in [0.2, 0.25) is 0 Å². The van der Waals surface area contributed by atoms with Gasteiger partial charge in [-0.25, -0.2) is 27.5 Å². The highest BCUT2D eigenvalue weighted by molar-refractivity contribution is 6.08. The number of carboxylic acid groups (broad SMARTS) is 1. The van der Waals surface area contributed by atoms with Crippen LogP contribution in [0.4, 0.5) is 37.8 Å². The van der Waals surface area contributed by atoms with Gasteiger partial charge in [0.15, 0.2) is 11.3 Å². The summed E-state index contributed by atoms with van der Waals surface area (Å²) in [5.41, 5.74) is 5.58. The number of alkyl halides is 6. The summed E-state index contributed by atoms with van der Waals surface area (Å²) in [6.45, 7) is 0.590. The van der Waals surface area contributed by atoms with Crippen molar-refractivity contribution in [1.29, 1.82) is 0 Å². The van der Waals surface area contributed by atoms with Crippen LogP contribution in [0, 0.1) is 0 Å². The van der Waals surface area contributed by atoms with Gasteiger partial charge >= 0.3 is 12.1 Å². The number of carboxylic acids is 1. The molecule has 2 atom stereocenters. The van der Waals surface area contributed by atoms with Crippen molar-refractivity contribution in [2.75, 3.05) is 23.3 Å². The Bertz CT molecular complexity index is 1230. The van der Waals surface area contributed by atoms with Crippen LogP contribution in [0.1, 0.15) is 28.9 Å². The van der Waals surface area contributed by atoms with Crippen LogP contribution >= 0.6 is 0 Å². The third-order valence-corrected chi connectivity index (χ3v) is 4.91. The van der Waals surface area contributed by atoms with E-state index in [1.54, 1.807) is 17.2 Å². The number of aryl methyl sites for hydroxylation is 1. The van der Waals surface area contributed by atoms with E-state index in [0.29, 0.717) is 12.4 Å². The molecule has 11 nitrogen and oxygen atoms in total. The molecule has 1 fully saturated rings. The van der Waals surface area contributed by atoms with E-state index in [2.05, 4.69) is 20.5 Å². The fourth-order valence-corrected chi connectivity index (χ4v) is 3.41. The zero-order valence-electron chi connectivity index (χ0n) is 18.5. The van der Waals surface area contributed by atoms with Gasteiger partial charge in [-0.05, 0) is 12.5 Å². The average Bonchev–Trinajstić information content (AvgIpc) is 3.35. The molecular weight excluding hydrogens is 502 g/mol. The van der Waals surface area contributed by atoms with Gasteiger partial charge < -0.3 is 21.1 Å². The Morgan fingerprint density at radius 3 is 2.53 bits per heavy atom. The summed E-state index contributed by atoms with van der Waals surface area (Å²) in [5.74, 6) is -2.95. The van der Waals surface area contributed by atoms with Crippen LogP contribution in [0.5, 0.6) is 0 Å². The van der Waals surface area contributed by atoms with E-state index in [4.69, 9.17) is 15.6 Å². The predicted molar refractivity (Wildman–Crippen MR) is 112 cm³/mol. The number of anilines is 2. The smallest absolute Gasteiger partial charge is 0.475 e. The summed E-state index contributed by atoms with van der Waals surface area (Å²) >= 11 is 0. The number of carbonyl (C=O) groups excluding carboxylic acids is 1. The van der Waals surface area contributed by atoms with Gasteiger partial charge in [0.05, 0.1) is 18.4 Å². The number of aromatic nitrogens is 5. The Morgan fingerprint density at radius 2 is 1.94 bits per heavy atom. The summed E-state index contributed by atoms with van der Waals surface area (Å²) in [5, 5.41) is 17.3. The Morgan fingerprint density at radius 1 is 1.28 bits per heavy atom. The zero-order valence-corrected chi connectivity index (χ0v) is 18.5. The number of aliphatic carboxylic acids is 1.